The normalized spacial score (nSPS) is 11.1. The summed E-state index contributed by atoms with van der Waals surface area (Å²) in [5, 5.41) is 12.3. The first-order valence-corrected chi connectivity index (χ1v) is 10.9. The summed E-state index contributed by atoms with van der Waals surface area (Å²) in [6, 6.07) is 11.0. The van der Waals surface area contributed by atoms with Crippen molar-refractivity contribution in [1.82, 2.24) is 0 Å². The van der Waals surface area contributed by atoms with Crippen molar-refractivity contribution in [2.24, 2.45) is 0 Å². The number of rotatable bonds is 11. The van der Waals surface area contributed by atoms with E-state index in [-0.39, 0.29) is 67.6 Å². The first kappa shape index (κ1) is 25.6. The van der Waals surface area contributed by atoms with Gasteiger partial charge in [-0.2, -0.15) is 8.42 Å². The molecule has 0 saturated heterocycles. The van der Waals surface area contributed by atoms with Crippen LogP contribution in [0.4, 0.5) is 0 Å². The van der Waals surface area contributed by atoms with E-state index in [4.69, 9.17) is 4.74 Å². The molecule has 0 bridgehead atoms. The first-order chi connectivity index (χ1) is 12.9. The zero-order valence-electron chi connectivity index (χ0n) is 16.7. The van der Waals surface area contributed by atoms with Crippen molar-refractivity contribution in [2.45, 2.75) is 63.2 Å². The van der Waals surface area contributed by atoms with Crippen molar-refractivity contribution in [3.05, 3.63) is 48.0 Å². The second-order valence-electron chi connectivity index (χ2n) is 6.63. The van der Waals surface area contributed by atoms with Gasteiger partial charge < -0.3 is 9.84 Å². The van der Waals surface area contributed by atoms with Crippen LogP contribution >= 0.6 is 0 Å². The Balaban J connectivity index is 0.00000392. The second kappa shape index (κ2) is 13.0. The van der Waals surface area contributed by atoms with E-state index >= 15 is 0 Å². The van der Waals surface area contributed by atoms with Crippen LogP contribution in [0.25, 0.3) is 0 Å². The number of benzene rings is 2. The first-order valence-electron chi connectivity index (χ1n) is 9.46. The van der Waals surface area contributed by atoms with Crippen LogP contribution in [0.2, 0.25) is 0 Å². The Bertz CT molecular complexity index is 822. The third-order valence-corrected chi connectivity index (χ3v) is 5.39. The van der Waals surface area contributed by atoms with E-state index in [1.807, 2.05) is 6.07 Å². The molecule has 2 aromatic rings. The average molecular weight is 431 g/mol. The molecular formula is C21H27KO5S. The SMILES string of the molecule is CCCCCCCCCc1c(S(=O)(=O)O)ccc([O-])c1Oc1ccccc1.[K+]. The molecule has 0 aliphatic carbocycles. The van der Waals surface area contributed by atoms with Gasteiger partial charge in [-0.3, -0.25) is 4.55 Å². The minimum absolute atomic E-state index is 0. The second-order valence-corrected chi connectivity index (χ2v) is 8.02. The molecule has 5 nitrogen and oxygen atoms in total. The Morgan fingerprint density at radius 3 is 2.14 bits per heavy atom. The maximum absolute atomic E-state index is 12.3. The van der Waals surface area contributed by atoms with Crippen molar-refractivity contribution < 1.29 is 74.2 Å². The van der Waals surface area contributed by atoms with E-state index in [1.54, 1.807) is 24.3 Å². The number of hydrogen-bond acceptors (Lipinski definition) is 4. The molecular weight excluding hydrogens is 403 g/mol. The molecule has 28 heavy (non-hydrogen) atoms. The third kappa shape index (κ3) is 8.14. The van der Waals surface area contributed by atoms with Crippen LogP contribution < -0.4 is 61.2 Å². The van der Waals surface area contributed by atoms with Crippen LogP contribution in [0.15, 0.2) is 47.4 Å². The van der Waals surface area contributed by atoms with Gasteiger partial charge >= 0.3 is 51.4 Å². The molecule has 2 rings (SSSR count). The minimum Gasteiger partial charge on any atom is -0.870 e. The largest absolute Gasteiger partial charge is 1.00 e. The molecule has 0 saturated carbocycles. The Hall–Kier alpha value is -0.414. The molecule has 1 N–H and O–H groups in total. The van der Waals surface area contributed by atoms with Gasteiger partial charge in [0.05, 0.1) is 0 Å². The Morgan fingerprint density at radius 1 is 0.929 bits per heavy atom. The average Bonchev–Trinajstić information content (AvgIpc) is 2.63. The van der Waals surface area contributed by atoms with Gasteiger partial charge in [-0.15, -0.1) is 0 Å². The molecule has 0 fully saturated rings. The van der Waals surface area contributed by atoms with Gasteiger partial charge in [-0.1, -0.05) is 75.5 Å². The summed E-state index contributed by atoms with van der Waals surface area (Å²) < 4.78 is 38.8. The number of unbranched alkanes of at least 4 members (excludes halogenated alkanes) is 6. The molecule has 0 radical (unpaired) electrons. The Kier molecular flexibility index (Phi) is 11.9. The minimum atomic E-state index is -4.44. The fraction of sp³-hybridized carbons (Fsp3) is 0.429. The zero-order chi connectivity index (χ0) is 19.7. The molecule has 0 spiro atoms. The molecule has 2 aromatic carbocycles. The predicted molar refractivity (Wildman–Crippen MR) is 104 cm³/mol. The molecule has 148 valence electrons. The van der Waals surface area contributed by atoms with Crippen LogP contribution in [0.5, 0.6) is 17.2 Å². The molecule has 0 aliphatic heterocycles. The molecule has 0 unspecified atom stereocenters. The Morgan fingerprint density at radius 2 is 1.54 bits per heavy atom. The fourth-order valence-corrected chi connectivity index (χ4v) is 3.79. The van der Waals surface area contributed by atoms with Crippen LogP contribution in [-0.2, 0) is 16.5 Å². The summed E-state index contributed by atoms with van der Waals surface area (Å²) in [5.41, 5.74) is 0.252. The van der Waals surface area contributed by atoms with Crippen molar-refractivity contribution >= 4 is 10.1 Å². The summed E-state index contributed by atoms with van der Waals surface area (Å²) in [5.74, 6) is 0.0226. The number of hydrogen-bond donors (Lipinski definition) is 1. The molecule has 0 aliphatic rings. The third-order valence-electron chi connectivity index (χ3n) is 4.45. The van der Waals surface area contributed by atoms with E-state index in [1.165, 1.54) is 19.3 Å². The predicted octanol–water partition coefficient (Wildman–Crippen LogP) is 2.10. The summed E-state index contributed by atoms with van der Waals surface area (Å²) in [4.78, 5) is -0.251. The Labute approximate surface area is 210 Å². The van der Waals surface area contributed by atoms with Crippen LogP contribution in [0.1, 0.15) is 57.4 Å². The van der Waals surface area contributed by atoms with E-state index in [0.29, 0.717) is 12.2 Å². The smallest absolute Gasteiger partial charge is 0.870 e. The van der Waals surface area contributed by atoms with Crippen molar-refractivity contribution in [2.75, 3.05) is 0 Å². The van der Waals surface area contributed by atoms with E-state index in [2.05, 4.69) is 6.92 Å². The van der Waals surface area contributed by atoms with Gasteiger partial charge in [-0.05, 0) is 31.0 Å². The van der Waals surface area contributed by atoms with E-state index in [9.17, 15) is 18.1 Å². The standard InChI is InChI=1S/C21H28O5S.K/c1-2-3-4-5-6-7-11-14-18-20(27(23,24)25)16-15-19(22)21(18)26-17-12-9-8-10-13-17;/h8-10,12-13,15-16,22H,2-7,11,14H2,1H3,(H,23,24,25);/q;+1/p-1. The molecule has 0 heterocycles. The summed E-state index contributed by atoms with van der Waals surface area (Å²) >= 11 is 0. The fourth-order valence-electron chi connectivity index (χ4n) is 3.04. The molecule has 7 heteroatoms. The van der Waals surface area contributed by atoms with Gasteiger partial charge in [-0.25, -0.2) is 0 Å². The van der Waals surface area contributed by atoms with Gasteiger partial charge in [0.2, 0.25) is 0 Å². The quantitative estimate of drug-likeness (QED) is 0.335. The van der Waals surface area contributed by atoms with Crippen LogP contribution in [-0.4, -0.2) is 13.0 Å². The topological polar surface area (TPSA) is 86.7 Å². The van der Waals surface area contributed by atoms with Gasteiger partial charge in [0.1, 0.15) is 16.4 Å². The molecule has 0 atom stereocenters. The zero-order valence-corrected chi connectivity index (χ0v) is 20.6. The number of ether oxygens (including phenoxy) is 1. The van der Waals surface area contributed by atoms with Crippen LogP contribution in [0.3, 0.4) is 0 Å². The van der Waals surface area contributed by atoms with Crippen molar-refractivity contribution in [3.63, 3.8) is 0 Å². The molecule has 0 aromatic heterocycles. The van der Waals surface area contributed by atoms with Crippen LogP contribution in [0, 0.1) is 0 Å². The monoisotopic (exact) mass is 430 g/mol. The van der Waals surface area contributed by atoms with Gasteiger partial charge in [0.25, 0.3) is 10.1 Å². The summed E-state index contributed by atoms with van der Waals surface area (Å²) in [6.07, 6.45) is 7.84. The summed E-state index contributed by atoms with van der Waals surface area (Å²) in [6.45, 7) is 2.17. The van der Waals surface area contributed by atoms with E-state index in [0.717, 1.165) is 37.8 Å². The van der Waals surface area contributed by atoms with Gasteiger partial charge in [0.15, 0.2) is 0 Å². The van der Waals surface area contributed by atoms with E-state index < -0.39 is 15.9 Å². The molecule has 0 amide bonds. The number of para-hydroxylation sites is 1. The van der Waals surface area contributed by atoms with Gasteiger partial charge in [0, 0.05) is 5.56 Å². The van der Waals surface area contributed by atoms with Crippen molar-refractivity contribution in [3.8, 4) is 17.2 Å². The van der Waals surface area contributed by atoms with Crippen molar-refractivity contribution in [1.29, 1.82) is 0 Å². The maximum Gasteiger partial charge on any atom is 1.00 e. The summed E-state index contributed by atoms with van der Waals surface area (Å²) in [7, 11) is -4.44. The maximum atomic E-state index is 12.3.